The zero-order chi connectivity index (χ0) is 27.6. The van der Waals surface area contributed by atoms with E-state index in [-0.39, 0.29) is 17.5 Å². The number of carbonyl (C=O) groups excluding carboxylic acids is 1. The van der Waals surface area contributed by atoms with Gasteiger partial charge in [0.25, 0.3) is 5.91 Å². The third-order valence-electron chi connectivity index (χ3n) is 7.36. The molecule has 0 spiro atoms. The van der Waals surface area contributed by atoms with Crippen LogP contribution in [0.4, 0.5) is 26.3 Å². The zero-order valence-electron chi connectivity index (χ0n) is 20.4. The van der Waals surface area contributed by atoms with Crippen molar-refractivity contribution in [2.75, 3.05) is 0 Å². The number of aryl methyl sites for hydroxylation is 1. The van der Waals surface area contributed by atoms with Crippen LogP contribution in [0.25, 0.3) is 16.9 Å². The van der Waals surface area contributed by atoms with Gasteiger partial charge in [0.1, 0.15) is 5.69 Å². The molecule has 7 nitrogen and oxygen atoms in total. The molecule has 1 fully saturated rings. The second-order valence-electron chi connectivity index (χ2n) is 9.62. The Morgan fingerprint density at radius 3 is 2.38 bits per heavy atom. The molecule has 202 valence electrons. The van der Waals surface area contributed by atoms with E-state index in [1.165, 1.54) is 29.2 Å². The number of hydrogen-bond acceptors (Lipinski definition) is 4. The summed E-state index contributed by atoms with van der Waals surface area (Å²) in [5, 5.41) is 12.3. The molecule has 2 aromatic carbocycles. The van der Waals surface area contributed by atoms with E-state index >= 15 is 0 Å². The van der Waals surface area contributed by atoms with Crippen LogP contribution < -0.4 is 0 Å². The minimum Gasteiger partial charge on any atom is -0.327 e. The molecule has 4 heterocycles. The summed E-state index contributed by atoms with van der Waals surface area (Å²) in [6, 6.07) is 4.17. The van der Waals surface area contributed by atoms with Gasteiger partial charge in [-0.2, -0.15) is 33.3 Å². The molecule has 1 saturated heterocycles. The normalized spacial score (nSPS) is 18.8. The first-order chi connectivity index (χ1) is 18.6. The van der Waals surface area contributed by atoms with Crippen LogP contribution in [0.2, 0.25) is 0 Å². The summed E-state index contributed by atoms with van der Waals surface area (Å²) in [5.74, 6) is -4.87. The van der Waals surface area contributed by atoms with Gasteiger partial charge in [-0.05, 0) is 49.9 Å². The quantitative estimate of drug-likeness (QED) is 0.255. The van der Waals surface area contributed by atoms with Crippen LogP contribution in [0.5, 0.6) is 0 Å². The van der Waals surface area contributed by atoms with Crippen LogP contribution in [-0.4, -0.2) is 41.6 Å². The average Bonchev–Trinajstić information content (AvgIpc) is 3.53. The first kappa shape index (κ1) is 25.1. The number of nitrogens with zero attached hydrogens (tertiary/aromatic N) is 6. The number of carbonyl (C=O) groups is 1. The van der Waals surface area contributed by atoms with Crippen molar-refractivity contribution in [1.29, 1.82) is 0 Å². The Labute approximate surface area is 217 Å². The number of alkyl halides is 3. The van der Waals surface area contributed by atoms with Crippen molar-refractivity contribution in [1.82, 2.24) is 29.7 Å². The fourth-order valence-corrected chi connectivity index (χ4v) is 5.83. The number of para-hydroxylation sites is 1. The number of aromatic nitrogens is 5. The van der Waals surface area contributed by atoms with Gasteiger partial charge >= 0.3 is 6.18 Å². The number of halogens is 6. The maximum atomic E-state index is 14.1. The fraction of sp³-hybridized carbons (Fsp3) is 0.308. The summed E-state index contributed by atoms with van der Waals surface area (Å²) in [6.07, 6.45) is -0.252. The van der Waals surface area contributed by atoms with Crippen molar-refractivity contribution >= 4 is 5.91 Å². The average molecular weight is 546 g/mol. The van der Waals surface area contributed by atoms with Crippen molar-refractivity contribution in [2.24, 2.45) is 7.05 Å². The highest BCUT2D eigenvalue weighted by molar-refractivity contribution is 5.99. The lowest BCUT2D eigenvalue weighted by Gasteiger charge is -2.45. The highest BCUT2D eigenvalue weighted by atomic mass is 19.4. The highest BCUT2D eigenvalue weighted by Gasteiger charge is 2.45. The number of amides is 1. The molecule has 0 N–H and O–H groups in total. The van der Waals surface area contributed by atoms with Gasteiger partial charge in [-0.15, -0.1) is 0 Å². The Balaban J connectivity index is 1.47. The van der Waals surface area contributed by atoms with Crippen molar-refractivity contribution in [3.05, 3.63) is 82.6 Å². The first-order valence-electron chi connectivity index (χ1n) is 12.2. The molecule has 0 aliphatic carbocycles. The topological polar surface area (TPSA) is 68.8 Å². The van der Waals surface area contributed by atoms with E-state index < -0.39 is 52.9 Å². The second kappa shape index (κ2) is 8.95. The third-order valence-corrected chi connectivity index (χ3v) is 7.36. The van der Waals surface area contributed by atoms with E-state index in [4.69, 9.17) is 0 Å². The van der Waals surface area contributed by atoms with Crippen LogP contribution in [0.1, 0.15) is 52.5 Å². The molecule has 6 rings (SSSR count). The lowest BCUT2D eigenvalue weighted by Crippen LogP contribution is -2.50. The van der Waals surface area contributed by atoms with Crippen molar-refractivity contribution in [3.63, 3.8) is 0 Å². The fourth-order valence-electron chi connectivity index (χ4n) is 5.83. The molecule has 13 heteroatoms. The first-order valence-corrected chi connectivity index (χ1v) is 12.2. The summed E-state index contributed by atoms with van der Waals surface area (Å²) in [7, 11) is 1.58. The van der Waals surface area contributed by atoms with Crippen LogP contribution in [0.15, 0.2) is 42.7 Å². The molecular formula is C26H20F6N6O. The summed E-state index contributed by atoms with van der Waals surface area (Å²) < 4.78 is 85.1. The van der Waals surface area contributed by atoms with Crippen molar-refractivity contribution in [3.8, 4) is 16.9 Å². The van der Waals surface area contributed by atoms with Crippen molar-refractivity contribution < 1.29 is 31.1 Å². The predicted molar refractivity (Wildman–Crippen MR) is 125 cm³/mol. The smallest absolute Gasteiger partial charge is 0.327 e. The van der Waals surface area contributed by atoms with E-state index in [9.17, 15) is 31.1 Å². The predicted octanol–water partition coefficient (Wildman–Crippen LogP) is 5.40. The van der Waals surface area contributed by atoms with Gasteiger partial charge in [0, 0.05) is 24.2 Å². The van der Waals surface area contributed by atoms with Gasteiger partial charge in [-0.25, -0.2) is 13.2 Å². The molecule has 0 unspecified atom stereocenters. The third kappa shape index (κ3) is 3.98. The molecule has 39 heavy (non-hydrogen) atoms. The summed E-state index contributed by atoms with van der Waals surface area (Å²) in [4.78, 5) is 16.4. The second-order valence-corrected chi connectivity index (χ2v) is 9.62. The van der Waals surface area contributed by atoms with E-state index in [1.807, 2.05) is 0 Å². The molecule has 0 radical (unpaired) electrons. The van der Waals surface area contributed by atoms with Crippen molar-refractivity contribution in [2.45, 2.75) is 43.9 Å². The van der Waals surface area contributed by atoms with E-state index in [0.29, 0.717) is 29.8 Å². The van der Waals surface area contributed by atoms with E-state index in [0.717, 1.165) is 29.4 Å². The van der Waals surface area contributed by atoms with E-state index in [1.54, 1.807) is 11.9 Å². The maximum absolute atomic E-state index is 14.1. The Morgan fingerprint density at radius 2 is 1.72 bits per heavy atom. The largest absolute Gasteiger partial charge is 0.418 e. The SMILES string of the molecule is Cn1nc2c(c1-c1cc(F)c(F)c(F)c1)C[C@H]1CCC[C@@H]2N1C(=O)c1cccc(C(F)(F)F)c1-n1nccn1. The molecule has 2 aliphatic heterocycles. The highest BCUT2D eigenvalue weighted by Crippen LogP contribution is 2.46. The number of benzene rings is 2. The Hall–Kier alpha value is -4.16. The van der Waals surface area contributed by atoms with Crippen LogP contribution in [0, 0.1) is 17.5 Å². The van der Waals surface area contributed by atoms with Gasteiger partial charge in [-0.3, -0.25) is 9.48 Å². The van der Waals surface area contributed by atoms with E-state index in [2.05, 4.69) is 15.3 Å². The summed E-state index contributed by atoms with van der Waals surface area (Å²) in [6.45, 7) is 0. The van der Waals surface area contributed by atoms with Gasteiger partial charge in [0.05, 0.1) is 41.0 Å². The zero-order valence-corrected chi connectivity index (χ0v) is 20.4. The molecule has 2 bridgehead atoms. The number of piperidine rings is 1. The summed E-state index contributed by atoms with van der Waals surface area (Å²) >= 11 is 0. The standard InChI is InChI=1S/C26H20F6N6O/c1-36-23(13-10-18(27)21(29)19(28)11-13)16-12-14-4-2-7-20(22(16)35-36)37(14)25(39)15-5-3-6-17(26(30,31)32)24(15)38-33-8-9-34-38/h3,5-6,8-11,14,20H,2,4,7,12H2,1H3/t14-,20+/m1/s1. The molecule has 2 aliphatic rings. The van der Waals surface area contributed by atoms with Gasteiger partial charge < -0.3 is 4.90 Å². The van der Waals surface area contributed by atoms with Gasteiger partial charge in [0.2, 0.25) is 0 Å². The molecular weight excluding hydrogens is 526 g/mol. The Bertz CT molecular complexity index is 1570. The molecule has 2 aromatic heterocycles. The minimum absolute atomic E-state index is 0.102. The Morgan fingerprint density at radius 1 is 1.03 bits per heavy atom. The molecule has 2 atom stereocenters. The number of fused-ring (bicyclic) bond motifs is 4. The van der Waals surface area contributed by atoms with Crippen LogP contribution in [0.3, 0.4) is 0 Å². The maximum Gasteiger partial charge on any atom is 0.418 e. The minimum atomic E-state index is -4.76. The monoisotopic (exact) mass is 546 g/mol. The van der Waals surface area contributed by atoms with Gasteiger partial charge in [0.15, 0.2) is 17.5 Å². The number of rotatable bonds is 3. The van der Waals surface area contributed by atoms with Crippen LogP contribution in [-0.2, 0) is 19.6 Å². The van der Waals surface area contributed by atoms with Gasteiger partial charge in [-0.1, -0.05) is 6.07 Å². The van der Waals surface area contributed by atoms with Crippen LogP contribution >= 0.6 is 0 Å². The molecule has 1 amide bonds. The molecule has 0 saturated carbocycles. The Kier molecular flexibility index (Phi) is 5.77. The summed E-state index contributed by atoms with van der Waals surface area (Å²) in [5.41, 5.74) is -0.0685. The number of hydrogen-bond donors (Lipinski definition) is 0. The molecule has 4 aromatic rings. The lowest BCUT2D eigenvalue weighted by atomic mass is 9.81. The lowest BCUT2D eigenvalue weighted by molar-refractivity contribution is -0.137.